The van der Waals surface area contributed by atoms with Gasteiger partial charge in [0.2, 0.25) is 0 Å². The molecule has 6 nitrogen and oxygen atoms in total. The van der Waals surface area contributed by atoms with E-state index in [0.717, 1.165) is 27.0 Å². The topological polar surface area (TPSA) is 82.5 Å². The van der Waals surface area contributed by atoms with E-state index in [1.807, 2.05) is 25.4 Å². The number of nitrogens with two attached hydrogens (primary N) is 1. The molecule has 98 valence electrons. The molecule has 0 amide bonds. The van der Waals surface area contributed by atoms with Gasteiger partial charge >= 0.3 is 0 Å². The number of hydrogen-bond acceptors (Lipinski definition) is 6. The molecule has 0 aliphatic carbocycles. The Morgan fingerprint density at radius 1 is 1.25 bits per heavy atom. The lowest BCUT2D eigenvalue weighted by Gasteiger charge is -1.99. The van der Waals surface area contributed by atoms with Crippen molar-refractivity contribution < 1.29 is 0 Å². The number of anilines is 1. The molecular formula is C13H10N6S. The smallest absolute Gasteiger partial charge is 0.191 e. The first-order valence-corrected chi connectivity index (χ1v) is 6.83. The van der Waals surface area contributed by atoms with Gasteiger partial charge in [-0.1, -0.05) is 17.4 Å². The third-order valence-electron chi connectivity index (χ3n) is 3.05. The predicted octanol–water partition coefficient (Wildman–Crippen LogP) is 2.22. The van der Waals surface area contributed by atoms with E-state index in [-0.39, 0.29) is 0 Å². The highest BCUT2D eigenvalue weighted by Crippen LogP contribution is 2.26. The molecule has 4 aromatic rings. The monoisotopic (exact) mass is 282 g/mol. The van der Waals surface area contributed by atoms with E-state index < -0.39 is 0 Å². The van der Waals surface area contributed by atoms with Crippen LogP contribution in [0.5, 0.6) is 0 Å². The zero-order valence-electron chi connectivity index (χ0n) is 10.6. The van der Waals surface area contributed by atoms with Gasteiger partial charge in [-0.25, -0.2) is 9.97 Å². The van der Waals surface area contributed by atoms with Crippen LogP contribution >= 0.6 is 11.3 Å². The van der Waals surface area contributed by atoms with Crippen molar-refractivity contribution >= 4 is 37.8 Å². The molecular weight excluding hydrogens is 272 g/mol. The summed E-state index contributed by atoms with van der Waals surface area (Å²) < 4.78 is 1.80. The maximum atomic E-state index is 5.67. The number of rotatable bonds is 1. The minimum absolute atomic E-state index is 0.486. The second kappa shape index (κ2) is 3.97. The third-order valence-corrected chi connectivity index (χ3v) is 3.82. The molecule has 0 fully saturated rings. The Balaban J connectivity index is 1.90. The summed E-state index contributed by atoms with van der Waals surface area (Å²) in [6.45, 7) is 0. The van der Waals surface area contributed by atoms with Crippen LogP contribution in [0.1, 0.15) is 0 Å². The number of nitrogens with zero attached hydrogens (tertiary/aromatic N) is 5. The van der Waals surface area contributed by atoms with E-state index in [1.54, 1.807) is 10.9 Å². The number of aryl methyl sites for hydroxylation is 1. The molecule has 2 N–H and O–H groups in total. The third kappa shape index (κ3) is 1.71. The summed E-state index contributed by atoms with van der Waals surface area (Å²) in [4.78, 5) is 13.7. The second-order valence-corrected chi connectivity index (χ2v) is 5.52. The molecule has 3 aromatic heterocycles. The van der Waals surface area contributed by atoms with E-state index in [9.17, 15) is 0 Å². The maximum Gasteiger partial charge on any atom is 0.191 e. The van der Waals surface area contributed by atoms with Crippen LogP contribution in [0.15, 0.2) is 30.6 Å². The maximum absolute atomic E-state index is 5.67. The Morgan fingerprint density at radius 3 is 3.05 bits per heavy atom. The molecule has 0 aliphatic heterocycles. The largest absolute Gasteiger partial charge is 0.375 e. The van der Waals surface area contributed by atoms with Gasteiger partial charge in [-0.2, -0.15) is 10.1 Å². The minimum atomic E-state index is 0.486. The molecule has 0 atom stereocenters. The summed E-state index contributed by atoms with van der Waals surface area (Å²) >= 11 is 1.35. The van der Waals surface area contributed by atoms with Gasteiger partial charge in [-0.3, -0.25) is 4.68 Å². The molecule has 4 rings (SSSR count). The fourth-order valence-electron chi connectivity index (χ4n) is 2.18. The van der Waals surface area contributed by atoms with E-state index in [4.69, 9.17) is 5.73 Å². The molecule has 0 saturated carbocycles. The van der Waals surface area contributed by atoms with Crippen LogP contribution in [0, 0.1) is 0 Å². The number of thiazole rings is 1. The van der Waals surface area contributed by atoms with Crippen molar-refractivity contribution in [3.05, 3.63) is 30.6 Å². The minimum Gasteiger partial charge on any atom is -0.375 e. The van der Waals surface area contributed by atoms with E-state index in [2.05, 4.69) is 26.1 Å². The van der Waals surface area contributed by atoms with Gasteiger partial charge < -0.3 is 5.73 Å². The van der Waals surface area contributed by atoms with Gasteiger partial charge in [-0.15, -0.1) is 0 Å². The van der Waals surface area contributed by atoms with Crippen molar-refractivity contribution in [2.75, 3.05) is 5.73 Å². The molecule has 20 heavy (non-hydrogen) atoms. The van der Waals surface area contributed by atoms with Crippen LogP contribution in [0.4, 0.5) is 5.13 Å². The average Bonchev–Trinajstić information content (AvgIpc) is 2.97. The molecule has 0 saturated heterocycles. The van der Waals surface area contributed by atoms with Crippen LogP contribution < -0.4 is 5.73 Å². The van der Waals surface area contributed by atoms with E-state index in [0.29, 0.717) is 10.8 Å². The van der Waals surface area contributed by atoms with Crippen molar-refractivity contribution in [2.45, 2.75) is 0 Å². The first-order chi connectivity index (χ1) is 9.69. The average molecular weight is 282 g/mol. The number of benzene rings is 1. The Kier molecular flexibility index (Phi) is 2.25. The van der Waals surface area contributed by atoms with Crippen LogP contribution in [0.25, 0.3) is 32.6 Å². The van der Waals surface area contributed by atoms with Crippen molar-refractivity contribution in [3.63, 3.8) is 0 Å². The highest BCUT2D eigenvalue weighted by atomic mass is 32.1. The molecule has 1 aromatic carbocycles. The Morgan fingerprint density at radius 2 is 2.15 bits per heavy atom. The van der Waals surface area contributed by atoms with Crippen LogP contribution in [0.2, 0.25) is 0 Å². The van der Waals surface area contributed by atoms with E-state index in [1.165, 1.54) is 11.3 Å². The predicted molar refractivity (Wildman–Crippen MR) is 79.3 cm³/mol. The lowest BCUT2D eigenvalue weighted by atomic mass is 10.1. The normalized spacial score (nSPS) is 11.4. The number of nitrogen functional groups attached to an aromatic ring is 1. The van der Waals surface area contributed by atoms with Crippen molar-refractivity contribution in [3.8, 4) is 11.3 Å². The van der Waals surface area contributed by atoms with E-state index >= 15 is 0 Å². The van der Waals surface area contributed by atoms with Crippen molar-refractivity contribution in [1.29, 1.82) is 0 Å². The lowest BCUT2D eigenvalue weighted by molar-refractivity contribution is 0.780. The van der Waals surface area contributed by atoms with Gasteiger partial charge in [0.05, 0.1) is 17.4 Å². The Labute approximate surface area is 117 Å². The summed E-state index contributed by atoms with van der Waals surface area (Å²) in [6.07, 6.45) is 3.70. The summed E-state index contributed by atoms with van der Waals surface area (Å²) in [5, 5.41) is 5.92. The van der Waals surface area contributed by atoms with Gasteiger partial charge in [0, 0.05) is 24.2 Å². The van der Waals surface area contributed by atoms with Gasteiger partial charge in [-0.05, 0) is 12.1 Å². The zero-order chi connectivity index (χ0) is 13.7. The molecule has 0 spiro atoms. The van der Waals surface area contributed by atoms with Crippen LogP contribution in [0.3, 0.4) is 0 Å². The second-order valence-electron chi connectivity index (χ2n) is 4.51. The number of fused-ring (bicyclic) bond motifs is 2. The molecule has 7 heteroatoms. The van der Waals surface area contributed by atoms with Gasteiger partial charge in [0.15, 0.2) is 15.6 Å². The fourth-order valence-corrected chi connectivity index (χ4v) is 2.85. The van der Waals surface area contributed by atoms with Crippen LogP contribution in [-0.4, -0.2) is 24.7 Å². The SMILES string of the molecule is Cn1cc2cc(-c3cnc4nc(N)sc4n3)ccc2n1. The van der Waals surface area contributed by atoms with Crippen molar-refractivity contribution in [2.24, 2.45) is 7.05 Å². The summed E-state index contributed by atoms with van der Waals surface area (Å²) in [7, 11) is 1.91. The first-order valence-electron chi connectivity index (χ1n) is 6.02. The first kappa shape index (κ1) is 11.3. The summed E-state index contributed by atoms with van der Waals surface area (Å²) in [6, 6.07) is 6.04. The molecule has 0 aliphatic rings. The fraction of sp³-hybridized carbons (Fsp3) is 0.0769. The lowest BCUT2D eigenvalue weighted by Crippen LogP contribution is -1.87. The van der Waals surface area contributed by atoms with Crippen molar-refractivity contribution in [1.82, 2.24) is 24.7 Å². The highest BCUT2D eigenvalue weighted by Gasteiger charge is 2.08. The Hall–Kier alpha value is -2.54. The standard InChI is InChI=1S/C13H10N6S/c1-19-6-8-4-7(2-3-9(8)18-19)10-5-15-11-12(16-10)20-13(14)17-11/h2-6H,1H3,(H2,14,15,17). The zero-order valence-corrected chi connectivity index (χ0v) is 11.4. The molecule has 0 unspecified atom stereocenters. The van der Waals surface area contributed by atoms with Gasteiger partial charge in [0.25, 0.3) is 0 Å². The quantitative estimate of drug-likeness (QED) is 0.579. The highest BCUT2D eigenvalue weighted by molar-refractivity contribution is 7.21. The summed E-state index contributed by atoms with van der Waals surface area (Å²) in [5.41, 5.74) is 9.05. The molecule has 3 heterocycles. The van der Waals surface area contributed by atoms with Crippen LogP contribution in [-0.2, 0) is 7.05 Å². The number of aromatic nitrogens is 5. The van der Waals surface area contributed by atoms with Gasteiger partial charge in [0.1, 0.15) is 0 Å². The summed E-state index contributed by atoms with van der Waals surface area (Å²) in [5.74, 6) is 0. The molecule has 0 radical (unpaired) electrons. The number of hydrogen-bond donors (Lipinski definition) is 1. The Bertz CT molecular complexity index is 860. The molecule has 0 bridgehead atoms.